The van der Waals surface area contributed by atoms with Crippen molar-refractivity contribution in [3.63, 3.8) is 0 Å². The third-order valence-corrected chi connectivity index (χ3v) is 3.99. The van der Waals surface area contributed by atoms with Crippen LogP contribution in [-0.4, -0.2) is 18.0 Å². The predicted molar refractivity (Wildman–Crippen MR) is 95.8 cm³/mol. The molecule has 0 heterocycles. The molecule has 0 aliphatic rings. The lowest BCUT2D eigenvalue weighted by atomic mass is 10.1. The lowest BCUT2D eigenvalue weighted by Gasteiger charge is -2.14. The van der Waals surface area contributed by atoms with E-state index in [1.54, 1.807) is 24.3 Å². The maximum Gasteiger partial charge on any atom is 0.338 e. The smallest absolute Gasteiger partial charge is 0.338 e. The number of amides is 1. The number of anilines is 1. The Morgan fingerprint density at radius 1 is 1.12 bits per heavy atom. The number of rotatable bonds is 5. The van der Waals surface area contributed by atoms with Gasteiger partial charge < -0.3 is 10.1 Å². The number of halogens is 2. The predicted octanol–water partition coefficient (Wildman–Crippen LogP) is 4.74. The van der Waals surface area contributed by atoms with Crippen LogP contribution in [0.25, 0.3) is 0 Å². The molecule has 2 aromatic carbocycles. The van der Waals surface area contributed by atoms with Crippen molar-refractivity contribution in [3.8, 4) is 0 Å². The zero-order valence-electron chi connectivity index (χ0n) is 13.3. The number of hydrogen-bond donors (Lipinski definition) is 1. The summed E-state index contributed by atoms with van der Waals surface area (Å²) >= 11 is 11.8. The molecule has 2 aromatic rings. The highest BCUT2D eigenvalue weighted by atomic mass is 35.5. The van der Waals surface area contributed by atoms with E-state index in [1.807, 2.05) is 19.1 Å². The molecule has 6 heteroatoms. The maximum absolute atomic E-state index is 12.1. The summed E-state index contributed by atoms with van der Waals surface area (Å²) in [4.78, 5) is 24.2. The van der Waals surface area contributed by atoms with E-state index in [0.717, 1.165) is 12.0 Å². The summed E-state index contributed by atoms with van der Waals surface area (Å²) in [5.74, 6) is -1.03. The minimum Gasteiger partial charge on any atom is -0.449 e. The van der Waals surface area contributed by atoms with Gasteiger partial charge in [-0.15, -0.1) is 0 Å². The van der Waals surface area contributed by atoms with Crippen LogP contribution in [0.5, 0.6) is 0 Å². The van der Waals surface area contributed by atoms with Gasteiger partial charge in [0.25, 0.3) is 5.91 Å². The Morgan fingerprint density at radius 3 is 2.38 bits per heavy atom. The van der Waals surface area contributed by atoms with Gasteiger partial charge in [0.1, 0.15) is 0 Å². The normalized spacial score (nSPS) is 11.7. The highest BCUT2D eigenvalue weighted by Gasteiger charge is 2.19. The van der Waals surface area contributed by atoms with Gasteiger partial charge in [-0.3, -0.25) is 4.79 Å². The number of carbonyl (C=O) groups is 2. The van der Waals surface area contributed by atoms with Gasteiger partial charge in [0.05, 0.1) is 16.3 Å². The molecule has 0 radical (unpaired) electrons. The first-order valence-electron chi connectivity index (χ1n) is 7.46. The van der Waals surface area contributed by atoms with Crippen molar-refractivity contribution in [1.29, 1.82) is 0 Å². The van der Waals surface area contributed by atoms with Crippen LogP contribution in [-0.2, 0) is 16.0 Å². The monoisotopic (exact) mass is 365 g/mol. The van der Waals surface area contributed by atoms with Gasteiger partial charge in [0.2, 0.25) is 0 Å². The molecular weight excluding hydrogens is 349 g/mol. The minimum atomic E-state index is -0.963. The lowest BCUT2D eigenvalue weighted by Crippen LogP contribution is -2.30. The third-order valence-electron chi connectivity index (χ3n) is 3.44. The molecule has 0 saturated carbocycles. The van der Waals surface area contributed by atoms with Gasteiger partial charge in [-0.1, -0.05) is 42.3 Å². The first-order chi connectivity index (χ1) is 11.4. The Labute approximate surface area is 150 Å². The van der Waals surface area contributed by atoms with E-state index in [-0.39, 0.29) is 0 Å². The van der Waals surface area contributed by atoms with Crippen LogP contribution < -0.4 is 5.32 Å². The largest absolute Gasteiger partial charge is 0.449 e. The molecule has 126 valence electrons. The van der Waals surface area contributed by atoms with Crippen molar-refractivity contribution in [2.24, 2.45) is 0 Å². The molecule has 0 aliphatic carbocycles. The van der Waals surface area contributed by atoms with Crippen molar-refractivity contribution in [2.75, 3.05) is 5.32 Å². The van der Waals surface area contributed by atoms with Gasteiger partial charge in [-0.05, 0) is 49.2 Å². The molecule has 0 aromatic heterocycles. The Hall–Kier alpha value is -2.04. The Bertz CT molecular complexity index is 744. The molecule has 0 aliphatic heterocycles. The van der Waals surface area contributed by atoms with Crippen LogP contribution in [0, 0.1) is 0 Å². The zero-order chi connectivity index (χ0) is 17.7. The van der Waals surface area contributed by atoms with Crippen LogP contribution in [0.1, 0.15) is 29.8 Å². The summed E-state index contributed by atoms with van der Waals surface area (Å²) < 4.78 is 5.19. The quantitative estimate of drug-likeness (QED) is 0.778. The van der Waals surface area contributed by atoms with Crippen LogP contribution in [0.4, 0.5) is 5.69 Å². The maximum atomic E-state index is 12.1. The minimum absolute atomic E-state index is 0.310. The standard InChI is InChI=1S/C18H17Cl2NO3/c1-3-12-4-6-13(7-5-12)18(23)24-11(2)17(22)21-16-9-8-14(19)10-15(16)20/h4-11H,3H2,1-2H3,(H,21,22)/t11-/m0/s1. The molecule has 0 spiro atoms. The van der Waals surface area contributed by atoms with Gasteiger partial charge >= 0.3 is 5.97 Å². The second-order valence-corrected chi connectivity index (χ2v) is 6.06. The van der Waals surface area contributed by atoms with E-state index in [1.165, 1.54) is 13.0 Å². The van der Waals surface area contributed by atoms with Crippen molar-refractivity contribution < 1.29 is 14.3 Å². The average Bonchev–Trinajstić information content (AvgIpc) is 2.57. The Kier molecular flexibility index (Phi) is 6.23. The van der Waals surface area contributed by atoms with Crippen LogP contribution in [0.3, 0.4) is 0 Å². The summed E-state index contributed by atoms with van der Waals surface area (Å²) in [5, 5.41) is 3.38. The van der Waals surface area contributed by atoms with E-state index in [4.69, 9.17) is 27.9 Å². The fraction of sp³-hybridized carbons (Fsp3) is 0.222. The number of ether oxygens (including phenoxy) is 1. The lowest BCUT2D eigenvalue weighted by molar-refractivity contribution is -0.123. The topological polar surface area (TPSA) is 55.4 Å². The molecule has 1 atom stereocenters. The molecule has 1 N–H and O–H groups in total. The number of aryl methyl sites for hydroxylation is 1. The highest BCUT2D eigenvalue weighted by molar-refractivity contribution is 6.36. The first-order valence-corrected chi connectivity index (χ1v) is 8.22. The van der Waals surface area contributed by atoms with Crippen molar-refractivity contribution in [2.45, 2.75) is 26.4 Å². The summed E-state index contributed by atoms with van der Waals surface area (Å²) in [6.45, 7) is 3.53. The van der Waals surface area contributed by atoms with E-state index >= 15 is 0 Å². The first kappa shape index (κ1) is 18.3. The molecule has 0 unspecified atom stereocenters. The molecule has 0 fully saturated rings. The fourth-order valence-electron chi connectivity index (χ4n) is 1.98. The molecule has 4 nitrogen and oxygen atoms in total. The summed E-state index contributed by atoms with van der Waals surface area (Å²) in [6, 6.07) is 11.8. The Morgan fingerprint density at radius 2 is 1.79 bits per heavy atom. The average molecular weight is 366 g/mol. The molecule has 24 heavy (non-hydrogen) atoms. The van der Waals surface area contributed by atoms with Crippen molar-refractivity contribution in [3.05, 3.63) is 63.6 Å². The van der Waals surface area contributed by atoms with Crippen LogP contribution >= 0.6 is 23.2 Å². The van der Waals surface area contributed by atoms with Crippen LogP contribution in [0.15, 0.2) is 42.5 Å². The number of hydrogen-bond acceptors (Lipinski definition) is 3. The number of esters is 1. The summed E-state index contributed by atoms with van der Waals surface area (Å²) in [7, 11) is 0. The van der Waals surface area contributed by atoms with Gasteiger partial charge in [-0.25, -0.2) is 4.79 Å². The van der Waals surface area contributed by atoms with E-state index in [9.17, 15) is 9.59 Å². The van der Waals surface area contributed by atoms with Crippen molar-refractivity contribution in [1.82, 2.24) is 0 Å². The highest BCUT2D eigenvalue weighted by Crippen LogP contribution is 2.25. The van der Waals surface area contributed by atoms with E-state index < -0.39 is 18.0 Å². The van der Waals surface area contributed by atoms with Gasteiger partial charge in [-0.2, -0.15) is 0 Å². The second kappa shape index (κ2) is 8.18. The molecule has 1 amide bonds. The molecule has 0 saturated heterocycles. The molecular formula is C18H17Cl2NO3. The van der Waals surface area contributed by atoms with Crippen molar-refractivity contribution >= 4 is 40.8 Å². The number of carbonyl (C=O) groups excluding carboxylic acids is 2. The summed E-state index contributed by atoms with van der Waals surface area (Å²) in [6.07, 6.45) is -0.0780. The van der Waals surface area contributed by atoms with E-state index in [2.05, 4.69) is 5.32 Å². The van der Waals surface area contributed by atoms with E-state index in [0.29, 0.717) is 21.3 Å². The number of benzene rings is 2. The number of nitrogens with one attached hydrogen (secondary N) is 1. The summed E-state index contributed by atoms with van der Waals surface area (Å²) in [5.41, 5.74) is 1.92. The zero-order valence-corrected chi connectivity index (χ0v) is 14.8. The second-order valence-electron chi connectivity index (χ2n) is 5.21. The van der Waals surface area contributed by atoms with Gasteiger partial charge in [0.15, 0.2) is 6.10 Å². The molecule has 0 bridgehead atoms. The SMILES string of the molecule is CCc1ccc(C(=O)O[C@@H](C)C(=O)Nc2ccc(Cl)cc2Cl)cc1. The molecule has 2 rings (SSSR count). The third kappa shape index (κ3) is 4.73. The fourth-order valence-corrected chi connectivity index (χ4v) is 2.44. The Balaban J connectivity index is 1.98. The van der Waals surface area contributed by atoms with Crippen LogP contribution in [0.2, 0.25) is 10.0 Å². The van der Waals surface area contributed by atoms with Gasteiger partial charge in [0, 0.05) is 5.02 Å².